The van der Waals surface area contributed by atoms with E-state index in [0.29, 0.717) is 19.5 Å². The summed E-state index contributed by atoms with van der Waals surface area (Å²) in [5, 5.41) is 5.31. The number of piperazine rings is 1. The van der Waals surface area contributed by atoms with Crippen molar-refractivity contribution in [1.29, 1.82) is 0 Å². The van der Waals surface area contributed by atoms with E-state index in [1.807, 2.05) is 11.0 Å². The molecular weight excluding hydrogens is 421 g/mol. The highest BCUT2D eigenvalue weighted by atomic mass is 19.1. The van der Waals surface area contributed by atoms with Crippen LogP contribution in [0.4, 0.5) is 4.39 Å². The largest absolute Gasteiger partial charge is 0.356 e. The molecule has 2 amide bonds. The minimum Gasteiger partial charge on any atom is -0.356 e. The van der Waals surface area contributed by atoms with Crippen LogP contribution < -0.4 is 10.7 Å². The molecule has 3 saturated heterocycles. The van der Waals surface area contributed by atoms with Gasteiger partial charge in [-0.1, -0.05) is 12.1 Å². The third-order valence-electron chi connectivity index (χ3n) is 7.92. The molecule has 0 spiro atoms. The molecule has 3 aliphatic heterocycles. The molecule has 4 aliphatic rings. The Hall–Kier alpha value is -2.03. The third-order valence-corrected chi connectivity index (χ3v) is 7.92. The Kier molecular flexibility index (Phi) is 6.94. The maximum atomic E-state index is 13.8. The summed E-state index contributed by atoms with van der Waals surface area (Å²) in [5.74, 6) is -0.158. The lowest BCUT2D eigenvalue weighted by Gasteiger charge is -2.51. The number of nitrogens with one attached hydrogen (secondary N) is 2. The van der Waals surface area contributed by atoms with Gasteiger partial charge in [-0.05, 0) is 82.3 Å². The number of nitrogens with zero attached hydrogens (tertiary/aromatic N) is 3. The van der Waals surface area contributed by atoms with Crippen molar-refractivity contribution in [1.82, 2.24) is 25.6 Å². The zero-order valence-corrected chi connectivity index (χ0v) is 19.3. The molecule has 1 aromatic carbocycles. The number of hydrazine groups is 1. The zero-order valence-electron chi connectivity index (χ0n) is 19.3. The molecule has 2 N–H and O–H groups in total. The molecule has 1 aliphatic carbocycles. The summed E-state index contributed by atoms with van der Waals surface area (Å²) < 4.78 is 13.8. The number of hydrogen-bond acceptors (Lipinski definition) is 5. The number of hydrogen-bond donors (Lipinski definition) is 2. The van der Waals surface area contributed by atoms with E-state index in [2.05, 4.69) is 20.7 Å². The minimum atomic E-state index is -0.285. The third kappa shape index (κ3) is 4.93. The highest BCUT2D eigenvalue weighted by Crippen LogP contribution is 2.38. The highest BCUT2D eigenvalue weighted by Gasteiger charge is 2.51. The van der Waals surface area contributed by atoms with Gasteiger partial charge in [0.1, 0.15) is 11.9 Å². The van der Waals surface area contributed by atoms with Crippen LogP contribution in [0, 0.1) is 11.7 Å². The van der Waals surface area contributed by atoms with Crippen LogP contribution >= 0.6 is 0 Å². The Bertz CT molecular complexity index is 861. The number of halogens is 1. The molecule has 33 heavy (non-hydrogen) atoms. The van der Waals surface area contributed by atoms with Crippen LogP contribution in [0.5, 0.6) is 0 Å². The van der Waals surface area contributed by atoms with Gasteiger partial charge in [-0.25, -0.2) is 9.40 Å². The monoisotopic (exact) mass is 457 g/mol. The van der Waals surface area contributed by atoms with Crippen molar-refractivity contribution in [3.63, 3.8) is 0 Å². The first kappa shape index (κ1) is 22.7. The highest BCUT2D eigenvalue weighted by molar-refractivity contribution is 5.84. The Morgan fingerprint density at radius 2 is 2.00 bits per heavy atom. The quantitative estimate of drug-likeness (QED) is 0.612. The minimum absolute atomic E-state index is 0.0447. The lowest BCUT2D eigenvalue weighted by atomic mass is 9.78. The molecular formula is C25H36FN5O2. The predicted molar refractivity (Wildman–Crippen MR) is 123 cm³/mol. The Morgan fingerprint density at radius 1 is 1.15 bits per heavy atom. The summed E-state index contributed by atoms with van der Waals surface area (Å²) in [5.41, 5.74) is 4.22. The lowest BCUT2D eigenvalue weighted by Crippen LogP contribution is -2.68. The first-order valence-electron chi connectivity index (χ1n) is 12.7. The Labute approximate surface area is 195 Å². The molecule has 5 rings (SSSR count). The average Bonchev–Trinajstić information content (AvgIpc) is 3.51. The fourth-order valence-electron chi connectivity index (χ4n) is 6.25. The number of likely N-dealkylation sites (tertiary alicyclic amines) is 1. The lowest BCUT2D eigenvalue weighted by molar-refractivity contribution is -0.157. The van der Waals surface area contributed by atoms with Crippen molar-refractivity contribution in [3.8, 4) is 0 Å². The molecule has 1 saturated carbocycles. The van der Waals surface area contributed by atoms with Gasteiger partial charge in [0.05, 0.1) is 0 Å². The van der Waals surface area contributed by atoms with Gasteiger partial charge < -0.3 is 15.1 Å². The van der Waals surface area contributed by atoms with Gasteiger partial charge in [0.2, 0.25) is 11.8 Å². The van der Waals surface area contributed by atoms with Gasteiger partial charge >= 0.3 is 0 Å². The molecule has 1 aromatic rings. The van der Waals surface area contributed by atoms with E-state index in [1.165, 1.54) is 38.1 Å². The second-order valence-electron chi connectivity index (χ2n) is 10.1. The Balaban J connectivity index is 1.23. The molecule has 8 heteroatoms. The van der Waals surface area contributed by atoms with Gasteiger partial charge in [0.15, 0.2) is 0 Å². The molecule has 180 valence electrons. The average molecular weight is 458 g/mol. The summed E-state index contributed by atoms with van der Waals surface area (Å²) >= 11 is 0. The fourth-order valence-corrected chi connectivity index (χ4v) is 6.25. The van der Waals surface area contributed by atoms with Crippen LogP contribution in [0.15, 0.2) is 24.3 Å². The van der Waals surface area contributed by atoms with Gasteiger partial charge in [-0.2, -0.15) is 0 Å². The first-order chi connectivity index (χ1) is 16.1. The van der Waals surface area contributed by atoms with Crippen LogP contribution in [0.25, 0.3) is 0 Å². The summed E-state index contributed by atoms with van der Waals surface area (Å²) in [6.45, 7) is 5.32. The zero-order chi connectivity index (χ0) is 22.8. The number of amides is 2. The van der Waals surface area contributed by atoms with E-state index in [1.54, 1.807) is 6.07 Å². The van der Waals surface area contributed by atoms with Crippen LogP contribution in [0.2, 0.25) is 0 Å². The SMILES string of the molecule is O=C(NCCCN1CCCC1)C1CCC2C(C1)N(Cc1cccc(F)c1)C(=O)C1CCNN12. The second-order valence-corrected chi connectivity index (χ2v) is 10.1. The molecule has 4 atom stereocenters. The summed E-state index contributed by atoms with van der Waals surface area (Å²) in [6, 6.07) is 6.50. The van der Waals surface area contributed by atoms with Gasteiger partial charge in [0.25, 0.3) is 0 Å². The van der Waals surface area contributed by atoms with E-state index in [4.69, 9.17) is 0 Å². The molecule has 4 fully saturated rings. The number of fused-ring (bicyclic) bond motifs is 3. The number of carbonyl (C=O) groups is 2. The van der Waals surface area contributed by atoms with Crippen LogP contribution in [-0.4, -0.2) is 77.5 Å². The maximum Gasteiger partial charge on any atom is 0.242 e. The summed E-state index contributed by atoms with van der Waals surface area (Å²) in [6.07, 6.45) is 6.73. The molecule has 0 bridgehead atoms. The van der Waals surface area contributed by atoms with E-state index in [0.717, 1.165) is 44.3 Å². The van der Waals surface area contributed by atoms with Crippen LogP contribution in [-0.2, 0) is 16.1 Å². The molecule has 7 nitrogen and oxygen atoms in total. The fraction of sp³-hybridized carbons (Fsp3) is 0.680. The van der Waals surface area contributed by atoms with E-state index in [9.17, 15) is 14.0 Å². The maximum absolute atomic E-state index is 13.8. The van der Waals surface area contributed by atoms with E-state index >= 15 is 0 Å². The second kappa shape index (κ2) is 10.1. The number of rotatable bonds is 7. The van der Waals surface area contributed by atoms with Crippen molar-refractivity contribution in [2.45, 2.75) is 69.6 Å². The van der Waals surface area contributed by atoms with Crippen molar-refractivity contribution in [2.24, 2.45) is 5.92 Å². The first-order valence-corrected chi connectivity index (χ1v) is 12.7. The number of benzene rings is 1. The van der Waals surface area contributed by atoms with Gasteiger partial charge in [-0.15, -0.1) is 0 Å². The standard InChI is InChI=1S/C25H36FN5O2/c26-20-6-3-5-18(15-20)17-30-23-16-19(24(32)27-10-4-14-29-12-1-2-13-29)7-8-21(23)31-22(25(30)33)9-11-28-31/h3,5-6,15,19,21-23,28H,1-2,4,7-14,16-17H2,(H,27,32). The summed E-state index contributed by atoms with van der Waals surface area (Å²) in [4.78, 5) is 30.8. The molecule has 0 aromatic heterocycles. The van der Waals surface area contributed by atoms with Crippen molar-refractivity contribution in [2.75, 3.05) is 32.7 Å². The van der Waals surface area contributed by atoms with Crippen molar-refractivity contribution >= 4 is 11.8 Å². The molecule has 3 heterocycles. The smallest absolute Gasteiger partial charge is 0.242 e. The predicted octanol–water partition coefficient (Wildman–Crippen LogP) is 1.89. The normalized spacial score (nSPS) is 30.3. The van der Waals surface area contributed by atoms with Gasteiger partial charge in [-0.3, -0.25) is 15.0 Å². The molecule has 0 radical (unpaired) electrons. The van der Waals surface area contributed by atoms with Crippen LogP contribution in [0.3, 0.4) is 0 Å². The topological polar surface area (TPSA) is 67.9 Å². The van der Waals surface area contributed by atoms with Crippen molar-refractivity contribution < 1.29 is 14.0 Å². The van der Waals surface area contributed by atoms with E-state index in [-0.39, 0.29) is 41.7 Å². The van der Waals surface area contributed by atoms with Crippen molar-refractivity contribution in [3.05, 3.63) is 35.6 Å². The van der Waals surface area contributed by atoms with Crippen LogP contribution in [0.1, 0.15) is 50.5 Å². The Morgan fingerprint density at radius 3 is 2.82 bits per heavy atom. The molecule has 4 unspecified atom stereocenters. The van der Waals surface area contributed by atoms with E-state index < -0.39 is 0 Å². The number of carbonyl (C=O) groups excluding carboxylic acids is 2. The summed E-state index contributed by atoms with van der Waals surface area (Å²) in [7, 11) is 0. The van der Waals surface area contributed by atoms with Gasteiger partial charge in [0, 0.05) is 37.6 Å².